The maximum absolute atomic E-state index is 12.0. The normalized spacial score (nSPS) is 11.8. The van der Waals surface area contributed by atoms with Crippen molar-refractivity contribution in [3.05, 3.63) is 51.4 Å². The molecule has 0 spiro atoms. The third kappa shape index (κ3) is 2.58. The predicted octanol–water partition coefficient (Wildman–Crippen LogP) is 2.37. The van der Waals surface area contributed by atoms with Crippen LogP contribution in [-0.4, -0.2) is 22.9 Å². The van der Waals surface area contributed by atoms with E-state index in [9.17, 15) is 4.79 Å². The summed E-state index contributed by atoms with van der Waals surface area (Å²) in [6.07, 6.45) is 1.57. The SMILES string of the molecule is CNc1cc[nH]c(=O)c1C(N)=Nc1ccc2nc(C)sc2c1. The Balaban J connectivity index is 2.08. The minimum absolute atomic E-state index is 0.173. The Labute approximate surface area is 130 Å². The van der Waals surface area contributed by atoms with Crippen molar-refractivity contribution in [2.75, 3.05) is 12.4 Å². The molecule has 0 aliphatic heterocycles. The van der Waals surface area contributed by atoms with E-state index < -0.39 is 0 Å². The van der Waals surface area contributed by atoms with Crippen LogP contribution >= 0.6 is 11.3 Å². The quantitative estimate of drug-likeness (QED) is 0.511. The van der Waals surface area contributed by atoms with Crippen LogP contribution in [0.2, 0.25) is 0 Å². The molecule has 0 fully saturated rings. The summed E-state index contributed by atoms with van der Waals surface area (Å²) < 4.78 is 1.04. The number of fused-ring (bicyclic) bond motifs is 1. The lowest BCUT2D eigenvalue weighted by atomic mass is 10.2. The second-order valence-corrected chi connectivity index (χ2v) is 5.96. The average Bonchev–Trinajstić information content (AvgIpc) is 2.86. The Bertz CT molecular complexity index is 925. The summed E-state index contributed by atoms with van der Waals surface area (Å²) >= 11 is 1.60. The molecular formula is C15H15N5OS. The number of rotatable bonds is 3. The van der Waals surface area contributed by atoms with Crippen molar-refractivity contribution >= 4 is 38.8 Å². The van der Waals surface area contributed by atoms with Gasteiger partial charge in [-0.05, 0) is 31.2 Å². The highest BCUT2D eigenvalue weighted by Gasteiger charge is 2.10. The van der Waals surface area contributed by atoms with Crippen LogP contribution in [0.1, 0.15) is 10.6 Å². The number of aromatic nitrogens is 2. The molecule has 0 aliphatic carbocycles. The number of nitrogens with one attached hydrogen (secondary N) is 2. The lowest BCUT2D eigenvalue weighted by Crippen LogP contribution is -2.25. The topological polar surface area (TPSA) is 96.2 Å². The first-order chi connectivity index (χ1) is 10.6. The zero-order chi connectivity index (χ0) is 15.7. The van der Waals surface area contributed by atoms with Gasteiger partial charge in [0.15, 0.2) is 0 Å². The Morgan fingerprint density at radius 1 is 1.41 bits per heavy atom. The molecule has 112 valence electrons. The number of aromatic amines is 1. The smallest absolute Gasteiger partial charge is 0.261 e. The summed E-state index contributed by atoms with van der Waals surface area (Å²) in [6, 6.07) is 7.40. The highest BCUT2D eigenvalue weighted by molar-refractivity contribution is 7.18. The number of benzene rings is 1. The van der Waals surface area contributed by atoms with Crippen molar-refractivity contribution < 1.29 is 0 Å². The van der Waals surface area contributed by atoms with Gasteiger partial charge >= 0.3 is 0 Å². The van der Waals surface area contributed by atoms with Crippen LogP contribution in [0.15, 0.2) is 40.2 Å². The molecule has 1 aromatic carbocycles. The molecule has 2 heterocycles. The molecule has 6 nitrogen and oxygen atoms in total. The zero-order valence-corrected chi connectivity index (χ0v) is 13.0. The van der Waals surface area contributed by atoms with Gasteiger partial charge in [0, 0.05) is 13.2 Å². The summed E-state index contributed by atoms with van der Waals surface area (Å²) in [5.74, 6) is 0.173. The molecule has 0 aliphatic rings. The van der Waals surface area contributed by atoms with Crippen molar-refractivity contribution in [1.82, 2.24) is 9.97 Å². The van der Waals surface area contributed by atoms with Crippen molar-refractivity contribution in [3.8, 4) is 0 Å². The van der Waals surface area contributed by atoms with Crippen LogP contribution < -0.4 is 16.6 Å². The van der Waals surface area contributed by atoms with E-state index in [0.29, 0.717) is 16.9 Å². The highest BCUT2D eigenvalue weighted by Crippen LogP contribution is 2.26. The minimum Gasteiger partial charge on any atom is -0.387 e. The lowest BCUT2D eigenvalue weighted by Gasteiger charge is -2.07. The second kappa shape index (κ2) is 5.61. The number of aryl methyl sites for hydroxylation is 1. The fourth-order valence-corrected chi connectivity index (χ4v) is 3.09. The van der Waals surface area contributed by atoms with Crippen LogP contribution in [0.3, 0.4) is 0 Å². The summed E-state index contributed by atoms with van der Waals surface area (Å²) in [5, 5.41) is 3.95. The minimum atomic E-state index is -0.275. The molecule has 3 rings (SSSR count). The molecule has 22 heavy (non-hydrogen) atoms. The first-order valence-corrected chi connectivity index (χ1v) is 7.51. The summed E-state index contributed by atoms with van der Waals surface area (Å²) in [5.41, 5.74) is 8.37. The van der Waals surface area contributed by atoms with E-state index >= 15 is 0 Å². The molecule has 4 N–H and O–H groups in total. The molecule has 0 unspecified atom stereocenters. The first kappa shape index (κ1) is 14.3. The van der Waals surface area contributed by atoms with E-state index in [4.69, 9.17) is 5.73 Å². The van der Waals surface area contributed by atoms with Gasteiger partial charge in [-0.25, -0.2) is 9.98 Å². The number of hydrogen-bond acceptors (Lipinski definition) is 5. The Hall–Kier alpha value is -2.67. The van der Waals surface area contributed by atoms with Crippen LogP contribution in [0, 0.1) is 6.92 Å². The fourth-order valence-electron chi connectivity index (χ4n) is 2.23. The van der Waals surface area contributed by atoms with Crippen molar-refractivity contribution in [2.24, 2.45) is 10.7 Å². The summed E-state index contributed by atoms with van der Waals surface area (Å²) in [6.45, 7) is 1.96. The molecule has 2 aromatic heterocycles. The van der Waals surface area contributed by atoms with Gasteiger partial charge in [-0.2, -0.15) is 0 Å². The maximum atomic E-state index is 12.0. The van der Waals surface area contributed by atoms with E-state index in [2.05, 4.69) is 20.3 Å². The molecule has 0 saturated carbocycles. The first-order valence-electron chi connectivity index (χ1n) is 6.69. The van der Waals surface area contributed by atoms with Crippen LogP contribution in [0.4, 0.5) is 11.4 Å². The molecule has 0 radical (unpaired) electrons. The van der Waals surface area contributed by atoms with Gasteiger partial charge in [0.25, 0.3) is 5.56 Å². The number of aliphatic imine (C=N–C) groups is 1. The number of thiazole rings is 1. The van der Waals surface area contributed by atoms with Crippen LogP contribution in [0.25, 0.3) is 10.2 Å². The average molecular weight is 313 g/mol. The van der Waals surface area contributed by atoms with Gasteiger partial charge in [0.05, 0.1) is 26.6 Å². The number of nitrogens with two attached hydrogens (primary N) is 1. The second-order valence-electron chi connectivity index (χ2n) is 4.73. The number of amidine groups is 1. The van der Waals surface area contributed by atoms with E-state index in [1.165, 1.54) is 0 Å². The third-order valence-electron chi connectivity index (χ3n) is 3.21. The van der Waals surface area contributed by atoms with E-state index in [1.807, 2.05) is 25.1 Å². The zero-order valence-electron chi connectivity index (χ0n) is 12.2. The van der Waals surface area contributed by atoms with Crippen molar-refractivity contribution in [2.45, 2.75) is 6.92 Å². The molecule has 0 saturated heterocycles. The van der Waals surface area contributed by atoms with Gasteiger partial charge in [-0.3, -0.25) is 4.79 Å². The Morgan fingerprint density at radius 3 is 3.00 bits per heavy atom. The highest BCUT2D eigenvalue weighted by atomic mass is 32.1. The number of pyridine rings is 1. The van der Waals surface area contributed by atoms with Gasteiger partial charge in [0.1, 0.15) is 11.4 Å². The van der Waals surface area contributed by atoms with Crippen molar-refractivity contribution in [1.29, 1.82) is 0 Å². The summed E-state index contributed by atoms with van der Waals surface area (Å²) in [4.78, 5) is 23.4. The maximum Gasteiger partial charge on any atom is 0.261 e. The third-order valence-corrected chi connectivity index (χ3v) is 4.15. The molecule has 3 aromatic rings. The van der Waals surface area contributed by atoms with Gasteiger partial charge < -0.3 is 16.0 Å². The van der Waals surface area contributed by atoms with E-state index in [-0.39, 0.29) is 11.4 Å². The summed E-state index contributed by atoms with van der Waals surface area (Å²) in [7, 11) is 1.73. The predicted molar refractivity (Wildman–Crippen MR) is 91.4 cm³/mol. The van der Waals surface area contributed by atoms with E-state index in [1.54, 1.807) is 30.6 Å². The molecular weight excluding hydrogens is 298 g/mol. The number of hydrogen-bond donors (Lipinski definition) is 3. The molecule has 0 bridgehead atoms. The van der Waals surface area contributed by atoms with Crippen molar-refractivity contribution in [3.63, 3.8) is 0 Å². The largest absolute Gasteiger partial charge is 0.387 e. The van der Waals surface area contributed by atoms with Gasteiger partial charge in [-0.15, -0.1) is 11.3 Å². The van der Waals surface area contributed by atoms with Gasteiger partial charge in [0.2, 0.25) is 0 Å². The standard InChI is InChI=1S/C15H15N5OS/c1-8-19-10-4-3-9(7-12(10)22-8)20-14(16)13-11(17-2)5-6-18-15(13)21/h3-7H,1-2H3,(H2,16,20)(H2,17,18,21). The number of nitrogens with zero attached hydrogens (tertiary/aromatic N) is 2. The molecule has 0 amide bonds. The van der Waals surface area contributed by atoms with Crippen LogP contribution in [0.5, 0.6) is 0 Å². The number of anilines is 1. The monoisotopic (exact) mass is 313 g/mol. The Morgan fingerprint density at radius 2 is 2.23 bits per heavy atom. The Kier molecular flexibility index (Phi) is 3.64. The molecule has 0 atom stereocenters. The lowest BCUT2D eigenvalue weighted by molar-refractivity contribution is 1.21. The number of H-pyrrole nitrogens is 1. The van der Waals surface area contributed by atoms with E-state index in [0.717, 1.165) is 15.2 Å². The fraction of sp³-hybridized carbons (Fsp3) is 0.133. The van der Waals surface area contributed by atoms with Crippen LogP contribution in [-0.2, 0) is 0 Å². The molecule has 7 heteroatoms. The van der Waals surface area contributed by atoms with Gasteiger partial charge in [-0.1, -0.05) is 0 Å².